The minimum absolute atomic E-state index is 0.137. The van der Waals surface area contributed by atoms with Crippen LogP contribution in [0.5, 0.6) is 0 Å². The summed E-state index contributed by atoms with van der Waals surface area (Å²) in [7, 11) is 0. The molecule has 6 rings (SSSR count). The first-order valence-electron chi connectivity index (χ1n) is 10.4. The maximum absolute atomic E-state index is 3.59. The number of rotatable bonds is 6. The zero-order valence-corrected chi connectivity index (χ0v) is 20.4. The van der Waals surface area contributed by atoms with E-state index in [1.54, 1.807) is 22.7 Å². The Morgan fingerprint density at radius 1 is 0.781 bits per heavy atom. The lowest BCUT2D eigenvalue weighted by molar-refractivity contribution is 0.982. The maximum atomic E-state index is 3.59. The van der Waals surface area contributed by atoms with E-state index in [0.29, 0.717) is 0 Å². The molecular formula is C25H19BN2S4. The minimum Gasteiger partial charge on any atom is -0.381 e. The Balaban J connectivity index is 1.66. The van der Waals surface area contributed by atoms with Crippen molar-refractivity contribution in [2.24, 2.45) is 0 Å². The van der Waals surface area contributed by atoms with E-state index in [9.17, 15) is 0 Å². The molecule has 0 aliphatic carbocycles. The van der Waals surface area contributed by atoms with Gasteiger partial charge in [0, 0.05) is 48.5 Å². The molecule has 0 unspecified atom stereocenters. The van der Waals surface area contributed by atoms with Crippen molar-refractivity contribution in [1.29, 1.82) is 0 Å². The van der Waals surface area contributed by atoms with Crippen LogP contribution in [0, 0.1) is 0 Å². The van der Waals surface area contributed by atoms with E-state index in [0.717, 1.165) is 6.54 Å². The molecule has 0 bridgehead atoms. The second kappa shape index (κ2) is 8.75. The highest BCUT2D eigenvalue weighted by Crippen LogP contribution is 2.36. The lowest BCUT2D eigenvalue weighted by Gasteiger charge is -2.22. The predicted octanol–water partition coefficient (Wildman–Crippen LogP) is 5.97. The average molecular weight is 487 g/mol. The van der Waals surface area contributed by atoms with Crippen LogP contribution in [0.15, 0.2) is 100 Å². The van der Waals surface area contributed by atoms with Crippen molar-refractivity contribution in [2.75, 3.05) is 6.54 Å². The van der Waals surface area contributed by atoms with Crippen molar-refractivity contribution >= 4 is 67.3 Å². The molecule has 0 spiro atoms. The van der Waals surface area contributed by atoms with Crippen LogP contribution in [0.1, 0.15) is 10.6 Å². The number of aromatic nitrogens is 1. The van der Waals surface area contributed by atoms with Gasteiger partial charge in [0.2, 0.25) is 0 Å². The second-order valence-electron chi connectivity index (χ2n) is 7.43. The fourth-order valence-electron chi connectivity index (χ4n) is 4.24. The van der Waals surface area contributed by atoms with E-state index in [1.807, 2.05) is 22.7 Å². The fourth-order valence-corrected chi connectivity index (χ4v) is 7.52. The van der Waals surface area contributed by atoms with Gasteiger partial charge in [-0.25, -0.2) is 0 Å². The number of hydrogen-bond donors (Lipinski definition) is 1. The van der Waals surface area contributed by atoms with Crippen LogP contribution < -0.4 is 14.9 Å². The molecule has 5 aromatic heterocycles. The Kier molecular flexibility index (Phi) is 5.49. The summed E-state index contributed by atoms with van der Waals surface area (Å²) in [5, 5.41) is 12.3. The number of nitrogens with one attached hydrogen (secondary N) is 1. The molecule has 156 valence electrons. The molecule has 1 N–H and O–H groups in total. The first-order valence-corrected chi connectivity index (χ1v) is 13.9. The number of nitrogens with zero attached hydrogens (tertiary/aromatic N) is 1. The predicted molar refractivity (Wildman–Crippen MR) is 144 cm³/mol. The zero-order chi connectivity index (χ0) is 21.3. The Bertz CT molecular complexity index is 1320. The molecule has 2 nitrogen and oxygen atoms in total. The quantitative estimate of drug-likeness (QED) is 0.293. The van der Waals surface area contributed by atoms with Crippen LogP contribution >= 0.6 is 45.3 Å². The highest BCUT2D eigenvalue weighted by Gasteiger charge is 2.31. The van der Waals surface area contributed by atoms with Gasteiger partial charge in [-0.3, -0.25) is 0 Å². The van der Waals surface area contributed by atoms with Gasteiger partial charge < -0.3 is 9.79 Å². The van der Waals surface area contributed by atoms with Gasteiger partial charge in [-0.05, 0) is 51.9 Å². The molecule has 32 heavy (non-hydrogen) atoms. The smallest absolute Gasteiger partial charge is 0.349 e. The summed E-state index contributed by atoms with van der Waals surface area (Å²) in [5.74, 6) is 0. The van der Waals surface area contributed by atoms with E-state index in [2.05, 4.69) is 104 Å². The van der Waals surface area contributed by atoms with Crippen LogP contribution in [-0.2, 0) is 0 Å². The monoisotopic (exact) mass is 486 g/mol. The summed E-state index contributed by atoms with van der Waals surface area (Å²) in [6.45, 7) is 1.01. The SMILES string of the molecule is C1=C/C(=C(\c2cccs2)c2ccc(-c3cccs3)n2B(c2cccs2)c2cccs2)NC1. The summed E-state index contributed by atoms with van der Waals surface area (Å²) in [5.41, 5.74) is 4.98. The van der Waals surface area contributed by atoms with E-state index in [1.165, 1.54) is 42.0 Å². The van der Waals surface area contributed by atoms with Gasteiger partial charge in [0.1, 0.15) is 0 Å². The Hall–Kier alpha value is -2.58. The molecule has 0 saturated heterocycles. The molecule has 1 aliphatic rings. The Labute approximate surface area is 203 Å². The zero-order valence-electron chi connectivity index (χ0n) is 17.1. The summed E-state index contributed by atoms with van der Waals surface area (Å²) in [4.78, 5) is 2.58. The third kappa shape index (κ3) is 3.55. The van der Waals surface area contributed by atoms with Gasteiger partial charge in [0.05, 0.1) is 0 Å². The normalized spacial score (nSPS) is 14.6. The van der Waals surface area contributed by atoms with Gasteiger partial charge in [-0.2, -0.15) is 22.7 Å². The van der Waals surface area contributed by atoms with Crippen LogP contribution in [0.2, 0.25) is 0 Å². The van der Waals surface area contributed by atoms with E-state index in [-0.39, 0.29) is 6.85 Å². The molecule has 0 saturated carbocycles. The first-order chi connectivity index (χ1) is 15.9. The maximum Gasteiger partial charge on any atom is 0.349 e. The first kappa shape index (κ1) is 20.1. The van der Waals surface area contributed by atoms with Crippen molar-refractivity contribution in [3.05, 3.63) is 111 Å². The highest BCUT2D eigenvalue weighted by atomic mass is 32.1. The van der Waals surface area contributed by atoms with Crippen LogP contribution in [-0.4, -0.2) is 17.9 Å². The van der Waals surface area contributed by atoms with Gasteiger partial charge in [-0.1, -0.05) is 42.5 Å². The average Bonchev–Trinajstić information content (AvgIpc) is 3.67. The molecule has 0 radical (unpaired) electrons. The number of allylic oxidation sites excluding steroid dienone is 1. The molecule has 5 aromatic rings. The van der Waals surface area contributed by atoms with E-state index >= 15 is 0 Å². The summed E-state index contributed by atoms with van der Waals surface area (Å²) >= 11 is 7.26. The Morgan fingerprint density at radius 2 is 1.50 bits per heavy atom. The molecule has 0 amide bonds. The third-order valence-electron chi connectivity index (χ3n) is 5.56. The van der Waals surface area contributed by atoms with Crippen molar-refractivity contribution < 1.29 is 0 Å². The molecule has 1 aliphatic heterocycles. The van der Waals surface area contributed by atoms with Gasteiger partial charge in [-0.15, -0.1) is 22.7 Å². The molecule has 0 aromatic carbocycles. The fraction of sp³-hybridized carbons (Fsp3) is 0.0400. The van der Waals surface area contributed by atoms with E-state index in [4.69, 9.17) is 0 Å². The van der Waals surface area contributed by atoms with Crippen molar-refractivity contribution in [3.63, 3.8) is 0 Å². The molecule has 0 fully saturated rings. The Morgan fingerprint density at radius 3 is 2.09 bits per heavy atom. The number of hydrogen-bond acceptors (Lipinski definition) is 5. The van der Waals surface area contributed by atoms with Crippen molar-refractivity contribution in [1.82, 2.24) is 9.79 Å². The topological polar surface area (TPSA) is 17.0 Å². The van der Waals surface area contributed by atoms with E-state index < -0.39 is 0 Å². The molecule has 6 heterocycles. The minimum atomic E-state index is 0.137. The van der Waals surface area contributed by atoms with Gasteiger partial charge in [0.15, 0.2) is 0 Å². The molecule has 0 atom stereocenters. The lowest BCUT2D eigenvalue weighted by atomic mass is 9.58. The van der Waals surface area contributed by atoms with Gasteiger partial charge >= 0.3 is 6.85 Å². The summed E-state index contributed by atoms with van der Waals surface area (Å²) < 4.78 is 5.26. The van der Waals surface area contributed by atoms with Crippen LogP contribution in [0.25, 0.3) is 16.1 Å². The number of thiophene rings is 4. The largest absolute Gasteiger partial charge is 0.381 e. The van der Waals surface area contributed by atoms with Crippen LogP contribution in [0.4, 0.5) is 0 Å². The van der Waals surface area contributed by atoms with Crippen molar-refractivity contribution in [2.45, 2.75) is 0 Å². The highest BCUT2D eigenvalue weighted by molar-refractivity contribution is 7.30. The second-order valence-corrected chi connectivity index (χ2v) is 11.3. The van der Waals surface area contributed by atoms with Crippen molar-refractivity contribution in [3.8, 4) is 10.6 Å². The standard InChI is InChI=1S/C25H19BN2S4/c1-6-18(27-13-1)25(22-8-3-15-30-22)20-12-11-19(21-7-2-14-29-21)28(20)26(23-9-4-16-31-23)24-10-5-17-32-24/h1-12,14-17,27H,13H2/b25-18+. The molecular weight excluding hydrogens is 467 g/mol. The summed E-state index contributed by atoms with van der Waals surface area (Å²) in [6.07, 6.45) is 4.43. The summed E-state index contributed by atoms with van der Waals surface area (Å²) in [6, 6.07) is 22.2. The third-order valence-corrected chi connectivity index (χ3v) is 9.19. The van der Waals surface area contributed by atoms with Gasteiger partial charge in [0.25, 0.3) is 0 Å². The molecule has 7 heteroatoms. The lowest BCUT2D eigenvalue weighted by Crippen LogP contribution is -2.47. The van der Waals surface area contributed by atoms with Crippen LogP contribution in [0.3, 0.4) is 0 Å².